The second kappa shape index (κ2) is 5.70. The monoisotopic (exact) mass is 273 g/mol. The normalized spacial score (nSPS) is 9.42. The van der Waals surface area contributed by atoms with Crippen LogP contribution in [-0.4, -0.2) is 21.4 Å². The molecule has 2 N–H and O–H groups in total. The van der Waals surface area contributed by atoms with Gasteiger partial charge in [-0.25, -0.2) is 0 Å². The topological polar surface area (TPSA) is 108 Å². The van der Waals surface area contributed by atoms with Gasteiger partial charge in [0.05, 0.1) is 17.8 Å². The highest BCUT2D eigenvalue weighted by atomic mass is 32.1. The van der Waals surface area contributed by atoms with Crippen molar-refractivity contribution in [1.82, 2.24) is 20.4 Å². The molecule has 2 rings (SSSR count). The van der Waals surface area contributed by atoms with Gasteiger partial charge in [-0.1, -0.05) is 4.49 Å². The maximum atomic E-state index is 11.7. The molecule has 0 aliphatic rings. The van der Waals surface area contributed by atoms with Crippen LogP contribution < -0.4 is 10.9 Å². The van der Waals surface area contributed by atoms with Crippen molar-refractivity contribution in [1.29, 1.82) is 5.26 Å². The van der Waals surface area contributed by atoms with Gasteiger partial charge < -0.3 is 0 Å². The summed E-state index contributed by atoms with van der Waals surface area (Å²) in [5, 5.41) is 12.1. The molecule has 0 atom stereocenters. The summed E-state index contributed by atoms with van der Waals surface area (Å²) in [7, 11) is 0. The lowest BCUT2D eigenvalue weighted by Gasteiger charge is -2.05. The predicted molar refractivity (Wildman–Crippen MR) is 66.0 cm³/mol. The molecule has 1 heterocycles. The highest BCUT2D eigenvalue weighted by molar-refractivity contribution is 7.07. The van der Waals surface area contributed by atoms with Crippen molar-refractivity contribution in [2.45, 2.75) is 0 Å². The number of nitrogens with zero attached hydrogens (tertiary/aromatic N) is 3. The van der Waals surface area contributed by atoms with Crippen LogP contribution in [0.2, 0.25) is 0 Å². The zero-order valence-electron chi connectivity index (χ0n) is 9.45. The minimum absolute atomic E-state index is 0.292. The number of carbonyl (C=O) groups excluding carboxylic acids is 2. The van der Waals surface area contributed by atoms with Crippen LogP contribution in [0, 0.1) is 11.3 Å². The Morgan fingerprint density at radius 1 is 1.16 bits per heavy atom. The molecule has 94 valence electrons. The van der Waals surface area contributed by atoms with E-state index in [0.29, 0.717) is 16.0 Å². The second-order valence-corrected chi connectivity index (χ2v) is 4.16. The molecule has 1 aromatic heterocycles. The molecule has 19 heavy (non-hydrogen) atoms. The fraction of sp³-hybridized carbons (Fsp3) is 0. The maximum Gasteiger partial charge on any atom is 0.283 e. The van der Waals surface area contributed by atoms with E-state index in [2.05, 4.69) is 20.4 Å². The molecular weight excluding hydrogens is 266 g/mol. The summed E-state index contributed by atoms with van der Waals surface area (Å²) in [6.07, 6.45) is 1.30. The lowest BCUT2D eigenvalue weighted by Crippen LogP contribution is -2.41. The molecule has 0 spiro atoms. The van der Waals surface area contributed by atoms with Crippen LogP contribution >= 0.6 is 11.5 Å². The molecule has 2 amide bonds. The third-order valence-electron chi connectivity index (χ3n) is 2.15. The number of benzene rings is 1. The van der Waals surface area contributed by atoms with Crippen molar-refractivity contribution < 1.29 is 9.59 Å². The molecule has 8 heteroatoms. The van der Waals surface area contributed by atoms with Crippen molar-refractivity contribution in [3.05, 3.63) is 46.5 Å². The van der Waals surface area contributed by atoms with Gasteiger partial charge in [0.15, 0.2) is 0 Å². The van der Waals surface area contributed by atoms with E-state index < -0.39 is 11.8 Å². The number of nitriles is 1. The summed E-state index contributed by atoms with van der Waals surface area (Å²) < 4.78 is 3.54. The summed E-state index contributed by atoms with van der Waals surface area (Å²) in [4.78, 5) is 23.5. The highest BCUT2D eigenvalue weighted by Gasteiger charge is 2.10. The Hall–Kier alpha value is -2.79. The average molecular weight is 273 g/mol. The maximum absolute atomic E-state index is 11.7. The lowest BCUT2D eigenvalue weighted by atomic mass is 10.1. The Labute approximate surface area is 112 Å². The van der Waals surface area contributed by atoms with E-state index in [1.54, 1.807) is 0 Å². The number of aromatic nitrogens is 2. The van der Waals surface area contributed by atoms with Crippen molar-refractivity contribution >= 4 is 23.3 Å². The van der Waals surface area contributed by atoms with Crippen LogP contribution in [0.4, 0.5) is 0 Å². The molecule has 0 fully saturated rings. The smallest absolute Gasteiger partial charge is 0.267 e. The van der Waals surface area contributed by atoms with E-state index in [-0.39, 0.29) is 0 Å². The standard InChI is InChI=1S/C11H7N5O2S/c12-5-7-1-3-8(4-2-7)10(17)14-15-11(18)9-6-13-16-19-9/h1-4,6H,(H,14,17)(H,15,18). The largest absolute Gasteiger partial charge is 0.283 e. The first-order chi connectivity index (χ1) is 9.20. The first-order valence-corrected chi connectivity index (χ1v) is 5.86. The minimum Gasteiger partial charge on any atom is -0.267 e. The fourth-order valence-electron chi connectivity index (χ4n) is 1.21. The third kappa shape index (κ3) is 3.11. The van der Waals surface area contributed by atoms with Crippen LogP contribution in [0.5, 0.6) is 0 Å². The summed E-state index contributed by atoms with van der Waals surface area (Å²) in [6.45, 7) is 0. The molecule has 2 aromatic rings. The van der Waals surface area contributed by atoms with Crippen LogP contribution in [0.3, 0.4) is 0 Å². The second-order valence-electron chi connectivity index (χ2n) is 3.38. The Bertz CT molecular complexity index is 630. The molecule has 0 aliphatic carbocycles. The van der Waals surface area contributed by atoms with E-state index >= 15 is 0 Å². The van der Waals surface area contributed by atoms with E-state index in [0.717, 1.165) is 11.5 Å². The van der Waals surface area contributed by atoms with Gasteiger partial charge in [-0.3, -0.25) is 20.4 Å². The number of hydrazine groups is 1. The van der Waals surface area contributed by atoms with E-state index in [9.17, 15) is 9.59 Å². The summed E-state index contributed by atoms with van der Waals surface area (Å²) in [5.41, 5.74) is 5.28. The van der Waals surface area contributed by atoms with E-state index in [1.165, 1.54) is 30.5 Å². The summed E-state index contributed by atoms with van der Waals surface area (Å²) >= 11 is 0.923. The SMILES string of the molecule is N#Cc1ccc(C(=O)NNC(=O)c2cnns2)cc1. The molecule has 0 saturated heterocycles. The molecule has 0 saturated carbocycles. The van der Waals surface area contributed by atoms with Gasteiger partial charge in [-0.2, -0.15) is 5.26 Å². The molecular formula is C11H7N5O2S. The number of hydrogen-bond acceptors (Lipinski definition) is 6. The molecule has 1 aromatic carbocycles. The number of amides is 2. The van der Waals surface area contributed by atoms with Crippen LogP contribution in [0.1, 0.15) is 25.6 Å². The first kappa shape index (κ1) is 12.7. The van der Waals surface area contributed by atoms with Crippen LogP contribution in [-0.2, 0) is 0 Å². The highest BCUT2D eigenvalue weighted by Crippen LogP contribution is 2.03. The van der Waals surface area contributed by atoms with Crippen LogP contribution in [0.15, 0.2) is 30.5 Å². The zero-order chi connectivity index (χ0) is 13.7. The average Bonchev–Trinajstić information content (AvgIpc) is 2.98. The number of carbonyl (C=O) groups is 2. The lowest BCUT2D eigenvalue weighted by molar-refractivity contribution is 0.0849. The summed E-state index contributed by atoms with van der Waals surface area (Å²) in [5.74, 6) is -0.965. The predicted octanol–water partition coefficient (Wildman–Crippen LogP) is 0.485. The minimum atomic E-state index is -0.489. The van der Waals surface area contributed by atoms with E-state index in [1.807, 2.05) is 6.07 Å². The molecule has 0 unspecified atom stereocenters. The van der Waals surface area contributed by atoms with Gasteiger partial charge in [0.2, 0.25) is 0 Å². The third-order valence-corrected chi connectivity index (χ3v) is 2.81. The van der Waals surface area contributed by atoms with Crippen LogP contribution in [0.25, 0.3) is 0 Å². The molecule has 7 nitrogen and oxygen atoms in total. The van der Waals surface area contributed by atoms with E-state index in [4.69, 9.17) is 5.26 Å². The quantitative estimate of drug-likeness (QED) is 0.774. The molecule has 0 radical (unpaired) electrons. The van der Waals surface area contributed by atoms with Crippen molar-refractivity contribution in [2.75, 3.05) is 0 Å². The van der Waals surface area contributed by atoms with Gasteiger partial charge in [0, 0.05) is 5.56 Å². The van der Waals surface area contributed by atoms with Gasteiger partial charge >= 0.3 is 0 Å². The Morgan fingerprint density at radius 3 is 2.42 bits per heavy atom. The number of hydrogen-bond donors (Lipinski definition) is 2. The van der Waals surface area contributed by atoms with Gasteiger partial charge in [-0.15, -0.1) is 5.10 Å². The Balaban J connectivity index is 1.94. The Morgan fingerprint density at radius 2 is 1.84 bits per heavy atom. The van der Waals surface area contributed by atoms with Crippen molar-refractivity contribution in [3.8, 4) is 6.07 Å². The zero-order valence-corrected chi connectivity index (χ0v) is 10.3. The molecule has 0 bridgehead atoms. The first-order valence-electron chi connectivity index (χ1n) is 5.09. The van der Waals surface area contributed by atoms with Gasteiger partial charge in [-0.05, 0) is 35.8 Å². The molecule has 0 aliphatic heterocycles. The Kier molecular flexibility index (Phi) is 3.80. The number of rotatable bonds is 2. The number of nitrogens with one attached hydrogen (secondary N) is 2. The van der Waals surface area contributed by atoms with Crippen molar-refractivity contribution in [2.24, 2.45) is 0 Å². The van der Waals surface area contributed by atoms with Crippen molar-refractivity contribution in [3.63, 3.8) is 0 Å². The van der Waals surface area contributed by atoms with Gasteiger partial charge in [0.25, 0.3) is 11.8 Å². The van der Waals surface area contributed by atoms with Gasteiger partial charge in [0.1, 0.15) is 4.88 Å². The summed E-state index contributed by atoms with van der Waals surface area (Å²) in [6, 6.07) is 7.97. The fourth-order valence-corrected chi connectivity index (χ4v) is 1.62.